The van der Waals surface area contributed by atoms with Gasteiger partial charge in [-0.25, -0.2) is 4.79 Å². The van der Waals surface area contributed by atoms with Crippen molar-refractivity contribution in [2.75, 3.05) is 13.2 Å². The molecule has 1 rings (SSSR count). The Labute approximate surface area is 59.4 Å². The van der Waals surface area contributed by atoms with E-state index in [1.807, 2.05) is 6.92 Å². The first-order valence-corrected chi connectivity index (χ1v) is 3.37. The molecule has 0 aliphatic carbocycles. The van der Waals surface area contributed by atoms with Gasteiger partial charge in [0.25, 0.3) is 0 Å². The van der Waals surface area contributed by atoms with Gasteiger partial charge in [-0.1, -0.05) is 6.92 Å². The monoisotopic (exact) mass is 145 g/mol. The molecule has 1 aliphatic rings. The summed E-state index contributed by atoms with van der Waals surface area (Å²) >= 11 is 0. The van der Waals surface area contributed by atoms with Gasteiger partial charge in [-0.15, -0.1) is 0 Å². The van der Waals surface area contributed by atoms with E-state index in [0.717, 1.165) is 6.42 Å². The van der Waals surface area contributed by atoms with E-state index in [-0.39, 0.29) is 6.23 Å². The van der Waals surface area contributed by atoms with Crippen LogP contribution in [0.2, 0.25) is 0 Å². The molecule has 1 aliphatic heterocycles. The van der Waals surface area contributed by atoms with Gasteiger partial charge in [0, 0.05) is 0 Å². The molecule has 0 aromatic rings. The molecule has 4 heteroatoms. The minimum atomic E-state index is -0.885. The van der Waals surface area contributed by atoms with Gasteiger partial charge in [0.05, 0.1) is 13.2 Å². The summed E-state index contributed by atoms with van der Waals surface area (Å²) < 4.78 is 5.12. The van der Waals surface area contributed by atoms with Crippen molar-refractivity contribution >= 4 is 6.09 Å². The first-order valence-electron chi connectivity index (χ1n) is 3.37. The van der Waals surface area contributed by atoms with Gasteiger partial charge in [0.2, 0.25) is 0 Å². The van der Waals surface area contributed by atoms with Gasteiger partial charge in [-0.05, 0) is 6.42 Å². The van der Waals surface area contributed by atoms with Gasteiger partial charge >= 0.3 is 6.09 Å². The van der Waals surface area contributed by atoms with Gasteiger partial charge in [0.15, 0.2) is 0 Å². The fraction of sp³-hybridized carbons (Fsp3) is 0.833. The predicted octanol–water partition coefficient (Wildman–Crippen LogP) is 0.733. The van der Waals surface area contributed by atoms with E-state index in [0.29, 0.717) is 13.2 Å². The average Bonchev–Trinajstić information content (AvgIpc) is 2.33. The molecule has 1 N–H and O–H groups in total. The van der Waals surface area contributed by atoms with Crippen LogP contribution < -0.4 is 0 Å². The number of hydrogen-bond donors (Lipinski definition) is 1. The third kappa shape index (κ3) is 1.21. The van der Waals surface area contributed by atoms with Crippen molar-refractivity contribution in [2.45, 2.75) is 19.6 Å². The molecular weight excluding hydrogens is 134 g/mol. The number of carbonyl (C=O) groups is 1. The Kier molecular flexibility index (Phi) is 2.11. The van der Waals surface area contributed by atoms with Crippen molar-refractivity contribution in [1.29, 1.82) is 0 Å². The lowest BCUT2D eigenvalue weighted by molar-refractivity contribution is 0.0339. The first-order chi connectivity index (χ1) is 4.75. The summed E-state index contributed by atoms with van der Waals surface area (Å²) in [5.74, 6) is 0. The van der Waals surface area contributed by atoms with Crippen LogP contribution in [-0.2, 0) is 4.74 Å². The molecule has 1 atom stereocenters. The van der Waals surface area contributed by atoms with E-state index in [1.165, 1.54) is 4.90 Å². The van der Waals surface area contributed by atoms with Gasteiger partial charge in [-0.3, -0.25) is 4.90 Å². The molecule has 1 amide bonds. The maximum Gasteiger partial charge on any atom is 0.409 e. The summed E-state index contributed by atoms with van der Waals surface area (Å²) in [6.07, 6.45) is -0.367. The lowest BCUT2D eigenvalue weighted by Gasteiger charge is -2.17. The van der Waals surface area contributed by atoms with Crippen LogP contribution in [0.15, 0.2) is 0 Å². The largest absolute Gasteiger partial charge is 0.465 e. The number of amides is 1. The van der Waals surface area contributed by atoms with E-state index < -0.39 is 6.09 Å². The van der Waals surface area contributed by atoms with E-state index in [4.69, 9.17) is 9.84 Å². The second-order valence-electron chi connectivity index (χ2n) is 2.21. The molecule has 0 bridgehead atoms. The number of rotatable bonds is 1. The Balaban J connectivity index is 2.50. The van der Waals surface area contributed by atoms with Crippen LogP contribution >= 0.6 is 0 Å². The summed E-state index contributed by atoms with van der Waals surface area (Å²) in [6.45, 7) is 2.95. The fourth-order valence-corrected chi connectivity index (χ4v) is 1.08. The average molecular weight is 145 g/mol. The Morgan fingerprint density at radius 1 is 1.90 bits per heavy atom. The van der Waals surface area contributed by atoms with Crippen LogP contribution in [0, 0.1) is 0 Å². The number of nitrogens with zero attached hydrogens (tertiary/aromatic N) is 1. The second kappa shape index (κ2) is 2.88. The zero-order valence-corrected chi connectivity index (χ0v) is 5.91. The Morgan fingerprint density at radius 2 is 2.60 bits per heavy atom. The highest BCUT2D eigenvalue weighted by Crippen LogP contribution is 2.12. The molecule has 1 unspecified atom stereocenters. The fourth-order valence-electron chi connectivity index (χ4n) is 1.08. The summed E-state index contributed by atoms with van der Waals surface area (Å²) in [5.41, 5.74) is 0. The smallest absolute Gasteiger partial charge is 0.409 e. The van der Waals surface area contributed by atoms with E-state index >= 15 is 0 Å². The third-order valence-corrected chi connectivity index (χ3v) is 1.58. The number of hydrogen-bond acceptors (Lipinski definition) is 2. The molecule has 58 valence electrons. The first kappa shape index (κ1) is 7.34. The highest BCUT2D eigenvalue weighted by Gasteiger charge is 2.27. The van der Waals surface area contributed by atoms with Crippen LogP contribution in [0.25, 0.3) is 0 Å². The highest BCUT2D eigenvalue weighted by atomic mass is 16.5. The van der Waals surface area contributed by atoms with Crippen molar-refractivity contribution < 1.29 is 14.6 Å². The Bertz CT molecular complexity index is 137. The molecule has 1 saturated heterocycles. The topological polar surface area (TPSA) is 49.8 Å². The minimum Gasteiger partial charge on any atom is -0.465 e. The van der Waals surface area contributed by atoms with Crippen molar-refractivity contribution in [3.63, 3.8) is 0 Å². The van der Waals surface area contributed by atoms with Crippen LogP contribution in [0.4, 0.5) is 4.79 Å². The molecule has 0 spiro atoms. The summed E-state index contributed by atoms with van der Waals surface area (Å²) in [6, 6.07) is 0. The van der Waals surface area contributed by atoms with Crippen LogP contribution in [-0.4, -0.2) is 35.5 Å². The molecule has 0 aromatic carbocycles. The summed E-state index contributed by atoms with van der Waals surface area (Å²) in [7, 11) is 0. The lowest BCUT2D eigenvalue weighted by Crippen LogP contribution is -2.34. The lowest BCUT2D eigenvalue weighted by atomic mass is 10.4. The quantitative estimate of drug-likeness (QED) is 0.591. The molecule has 0 radical (unpaired) electrons. The van der Waals surface area contributed by atoms with Crippen LogP contribution in [0.3, 0.4) is 0 Å². The standard InChI is InChI=1S/C6H11NO3/c1-2-5-7(6(8)9)3-4-10-5/h5H,2-4H2,1H3,(H,8,9). The normalized spacial score (nSPS) is 25.3. The number of carboxylic acid groups (broad SMARTS) is 1. The zero-order chi connectivity index (χ0) is 7.56. The van der Waals surface area contributed by atoms with E-state index in [2.05, 4.69) is 0 Å². The molecule has 1 fully saturated rings. The molecule has 0 saturated carbocycles. The summed E-state index contributed by atoms with van der Waals surface area (Å²) in [5, 5.41) is 8.56. The van der Waals surface area contributed by atoms with Gasteiger partial charge in [0.1, 0.15) is 6.23 Å². The van der Waals surface area contributed by atoms with Crippen LogP contribution in [0.5, 0.6) is 0 Å². The van der Waals surface area contributed by atoms with Gasteiger partial charge < -0.3 is 9.84 Å². The zero-order valence-electron chi connectivity index (χ0n) is 5.91. The molecule has 1 heterocycles. The van der Waals surface area contributed by atoms with E-state index in [9.17, 15) is 4.79 Å². The molecule has 4 nitrogen and oxygen atoms in total. The molecular formula is C6H11NO3. The maximum atomic E-state index is 10.4. The van der Waals surface area contributed by atoms with Crippen molar-refractivity contribution in [2.24, 2.45) is 0 Å². The third-order valence-electron chi connectivity index (χ3n) is 1.58. The Hall–Kier alpha value is -0.770. The predicted molar refractivity (Wildman–Crippen MR) is 34.8 cm³/mol. The van der Waals surface area contributed by atoms with Crippen molar-refractivity contribution in [1.82, 2.24) is 4.90 Å². The minimum absolute atomic E-state index is 0.211. The van der Waals surface area contributed by atoms with Gasteiger partial charge in [-0.2, -0.15) is 0 Å². The summed E-state index contributed by atoms with van der Waals surface area (Å²) in [4.78, 5) is 11.7. The molecule has 0 aromatic heterocycles. The molecule has 10 heavy (non-hydrogen) atoms. The number of ether oxygens (including phenoxy) is 1. The van der Waals surface area contributed by atoms with Crippen molar-refractivity contribution in [3.05, 3.63) is 0 Å². The highest BCUT2D eigenvalue weighted by molar-refractivity contribution is 5.65. The van der Waals surface area contributed by atoms with Crippen molar-refractivity contribution in [3.8, 4) is 0 Å². The SMILES string of the molecule is CCC1OCCN1C(=O)O. The second-order valence-corrected chi connectivity index (χ2v) is 2.21. The maximum absolute atomic E-state index is 10.4. The van der Waals surface area contributed by atoms with Crippen LogP contribution in [0.1, 0.15) is 13.3 Å². The van der Waals surface area contributed by atoms with E-state index in [1.54, 1.807) is 0 Å². The Morgan fingerprint density at radius 3 is 3.00 bits per heavy atom.